The highest BCUT2D eigenvalue weighted by Crippen LogP contribution is 2.33. The summed E-state index contributed by atoms with van der Waals surface area (Å²) in [4.78, 5) is 0.854. The Morgan fingerprint density at radius 2 is 1.68 bits per heavy atom. The van der Waals surface area contributed by atoms with Crippen molar-refractivity contribution in [1.82, 2.24) is 0 Å². The number of ether oxygens (including phenoxy) is 1. The molecular weight excluding hydrogens is 336 g/mol. The van der Waals surface area contributed by atoms with E-state index in [9.17, 15) is 15.3 Å². The van der Waals surface area contributed by atoms with E-state index < -0.39 is 36.5 Å². The molecule has 2 rings (SSSR count). The lowest BCUT2D eigenvalue weighted by molar-refractivity contribution is -0.205. The predicted octanol–water partition coefficient (Wildman–Crippen LogP) is 0.341. The molecule has 5 atom stereocenters. The molecule has 5 nitrogen and oxygen atoms in total. The van der Waals surface area contributed by atoms with Crippen molar-refractivity contribution in [2.24, 2.45) is 0 Å². The fourth-order valence-electron chi connectivity index (χ4n) is 1.81. The molecule has 7 heteroatoms. The van der Waals surface area contributed by atoms with E-state index in [1.807, 2.05) is 24.3 Å². The minimum absolute atomic E-state index is 0.414. The van der Waals surface area contributed by atoms with Crippen molar-refractivity contribution in [2.45, 2.75) is 34.7 Å². The average molecular weight is 351 g/mol. The third-order valence-electron chi connectivity index (χ3n) is 2.91. The number of thioether (sulfide) groups is 1. The molecule has 1 aromatic rings. The summed E-state index contributed by atoms with van der Waals surface area (Å²) >= 11 is 4.56. The van der Waals surface area contributed by atoms with Crippen LogP contribution < -0.4 is 0 Å². The van der Waals surface area contributed by atoms with E-state index >= 15 is 0 Å². The second-order valence-electron chi connectivity index (χ2n) is 4.27. The first-order valence-corrected chi connectivity index (χ1v) is 7.43. The van der Waals surface area contributed by atoms with E-state index in [0.29, 0.717) is 0 Å². The zero-order chi connectivity index (χ0) is 14.0. The topological polar surface area (TPSA) is 90.2 Å². The maximum atomic E-state index is 9.89. The summed E-state index contributed by atoms with van der Waals surface area (Å²) in [6.45, 7) is -0.414. The Kier molecular flexibility index (Phi) is 5.24. The van der Waals surface area contributed by atoms with Gasteiger partial charge in [0, 0.05) is 9.37 Å². The van der Waals surface area contributed by atoms with Crippen LogP contribution in [0, 0.1) is 0 Å². The number of halogens is 1. The van der Waals surface area contributed by atoms with Gasteiger partial charge in [0.1, 0.15) is 29.9 Å². The van der Waals surface area contributed by atoms with Crippen LogP contribution in [0.3, 0.4) is 0 Å². The Labute approximate surface area is 123 Å². The summed E-state index contributed by atoms with van der Waals surface area (Å²) in [5, 5.41) is 38.3. The minimum Gasteiger partial charge on any atom is -0.394 e. The molecule has 0 spiro atoms. The fraction of sp³-hybridized carbons (Fsp3) is 0.500. The highest BCUT2D eigenvalue weighted by atomic mass is 79.9. The van der Waals surface area contributed by atoms with Crippen LogP contribution in [0.15, 0.2) is 33.6 Å². The lowest BCUT2D eigenvalue weighted by Gasteiger charge is -2.39. The lowest BCUT2D eigenvalue weighted by atomic mass is 10.0. The third-order valence-corrected chi connectivity index (χ3v) is 4.61. The van der Waals surface area contributed by atoms with Crippen LogP contribution in [0.1, 0.15) is 0 Å². The standard InChI is InChI=1S/C12H15BrO5S/c13-6-1-3-7(4-2-6)19-12-11(17)10(16)9(15)8(5-14)18-12/h1-4,8-12,14-17H,5H2. The van der Waals surface area contributed by atoms with Crippen molar-refractivity contribution in [3.8, 4) is 0 Å². The molecule has 4 N–H and O–H groups in total. The fourth-order valence-corrected chi connectivity index (χ4v) is 3.14. The van der Waals surface area contributed by atoms with Gasteiger partial charge in [-0.1, -0.05) is 27.7 Å². The van der Waals surface area contributed by atoms with Crippen molar-refractivity contribution in [3.63, 3.8) is 0 Å². The molecule has 1 saturated heterocycles. The van der Waals surface area contributed by atoms with Gasteiger partial charge in [0.2, 0.25) is 0 Å². The molecule has 0 saturated carbocycles. The van der Waals surface area contributed by atoms with Gasteiger partial charge in [-0.25, -0.2) is 0 Å². The van der Waals surface area contributed by atoms with Gasteiger partial charge < -0.3 is 25.2 Å². The van der Waals surface area contributed by atoms with Gasteiger partial charge in [-0.05, 0) is 24.3 Å². The number of aliphatic hydroxyl groups is 4. The summed E-state index contributed by atoms with van der Waals surface area (Å²) in [6.07, 6.45) is -4.74. The van der Waals surface area contributed by atoms with Gasteiger partial charge >= 0.3 is 0 Å². The summed E-state index contributed by atoms with van der Waals surface area (Å²) < 4.78 is 6.34. The molecular formula is C12H15BrO5S. The van der Waals surface area contributed by atoms with Gasteiger partial charge in [-0.3, -0.25) is 0 Å². The highest BCUT2D eigenvalue weighted by molar-refractivity contribution is 9.10. The SMILES string of the molecule is OCC1OC(Sc2ccc(Br)cc2)C(O)C(O)C1O. The van der Waals surface area contributed by atoms with Crippen LogP contribution >= 0.6 is 27.7 Å². The maximum Gasteiger partial charge on any atom is 0.136 e. The summed E-state index contributed by atoms with van der Waals surface area (Å²) in [6, 6.07) is 7.39. The van der Waals surface area contributed by atoms with Crippen molar-refractivity contribution < 1.29 is 25.2 Å². The van der Waals surface area contributed by atoms with E-state index in [-0.39, 0.29) is 0 Å². The van der Waals surface area contributed by atoms with E-state index in [1.165, 1.54) is 11.8 Å². The molecule has 1 aliphatic heterocycles. The highest BCUT2D eigenvalue weighted by Gasteiger charge is 2.43. The van der Waals surface area contributed by atoms with E-state index in [0.717, 1.165) is 9.37 Å². The quantitative estimate of drug-likeness (QED) is 0.628. The number of aliphatic hydroxyl groups excluding tert-OH is 4. The Hall–Kier alpha value is -0.150. The Morgan fingerprint density at radius 1 is 1.05 bits per heavy atom. The van der Waals surface area contributed by atoms with E-state index in [1.54, 1.807) is 0 Å². The predicted molar refractivity (Wildman–Crippen MR) is 73.8 cm³/mol. The van der Waals surface area contributed by atoms with Crippen LogP contribution in [-0.4, -0.2) is 56.9 Å². The van der Waals surface area contributed by atoms with Crippen LogP contribution in [0.2, 0.25) is 0 Å². The molecule has 19 heavy (non-hydrogen) atoms. The zero-order valence-corrected chi connectivity index (χ0v) is 12.3. The van der Waals surface area contributed by atoms with Crippen molar-refractivity contribution in [1.29, 1.82) is 0 Å². The Balaban J connectivity index is 2.08. The van der Waals surface area contributed by atoms with Crippen LogP contribution in [0.5, 0.6) is 0 Å². The molecule has 0 amide bonds. The molecule has 0 bridgehead atoms. The Bertz CT molecular complexity index is 413. The van der Waals surface area contributed by atoms with Gasteiger partial charge in [0.05, 0.1) is 6.61 Å². The van der Waals surface area contributed by atoms with Crippen LogP contribution in [0.25, 0.3) is 0 Å². The van der Waals surface area contributed by atoms with E-state index in [2.05, 4.69) is 15.9 Å². The summed E-state index contributed by atoms with van der Waals surface area (Å²) in [5.41, 5.74) is -0.739. The van der Waals surface area contributed by atoms with Gasteiger partial charge in [0.15, 0.2) is 0 Å². The second-order valence-corrected chi connectivity index (χ2v) is 6.36. The monoisotopic (exact) mass is 350 g/mol. The molecule has 0 aromatic heterocycles. The Morgan fingerprint density at radius 3 is 2.26 bits per heavy atom. The molecule has 0 aliphatic carbocycles. The van der Waals surface area contributed by atoms with Crippen molar-refractivity contribution >= 4 is 27.7 Å². The largest absolute Gasteiger partial charge is 0.394 e. The van der Waals surface area contributed by atoms with Gasteiger partial charge in [0.25, 0.3) is 0 Å². The number of rotatable bonds is 3. The van der Waals surface area contributed by atoms with Crippen molar-refractivity contribution in [3.05, 3.63) is 28.7 Å². The van der Waals surface area contributed by atoms with E-state index in [4.69, 9.17) is 9.84 Å². The lowest BCUT2D eigenvalue weighted by Crippen LogP contribution is -2.57. The van der Waals surface area contributed by atoms with Gasteiger partial charge in [-0.15, -0.1) is 0 Å². The second kappa shape index (κ2) is 6.53. The number of hydrogen-bond acceptors (Lipinski definition) is 6. The normalized spacial score (nSPS) is 35.3. The molecule has 0 radical (unpaired) electrons. The molecule has 1 heterocycles. The third kappa shape index (κ3) is 3.49. The first-order valence-electron chi connectivity index (χ1n) is 5.75. The molecule has 1 aromatic carbocycles. The maximum absolute atomic E-state index is 9.89. The van der Waals surface area contributed by atoms with Gasteiger partial charge in [-0.2, -0.15) is 0 Å². The average Bonchev–Trinajstić information content (AvgIpc) is 2.42. The van der Waals surface area contributed by atoms with Crippen molar-refractivity contribution in [2.75, 3.05) is 6.61 Å². The first kappa shape index (κ1) is 15.2. The number of benzene rings is 1. The molecule has 1 aliphatic rings. The minimum atomic E-state index is -1.33. The summed E-state index contributed by atoms with van der Waals surface area (Å²) in [5.74, 6) is 0. The first-order chi connectivity index (χ1) is 9.02. The zero-order valence-electron chi connectivity index (χ0n) is 9.89. The summed E-state index contributed by atoms with van der Waals surface area (Å²) in [7, 11) is 0. The van der Waals surface area contributed by atoms with Crippen LogP contribution in [0.4, 0.5) is 0 Å². The molecule has 5 unspecified atom stereocenters. The van der Waals surface area contributed by atoms with Crippen LogP contribution in [-0.2, 0) is 4.74 Å². The molecule has 1 fully saturated rings. The smallest absolute Gasteiger partial charge is 0.136 e. The number of hydrogen-bond donors (Lipinski definition) is 4. The molecule has 106 valence electrons.